The predicted molar refractivity (Wildman–Crippen MR) is 93.2 cm³/mol. The van der Waals surface area contributed by atoms with E-state index in [0.29, 0.717) is 0 Å². The fourth-order valence-electron chi connectivity index (χ4n) is 1.93. The lowest BCUT2D eigenvalue weighted by atomic mass is 10.2. The first-order valence-electron chi connectivity index (χ1n) is 7.77. The third-order valence-corrected chi connectivity index (χ3v) is 4.51. The summed E-state index contributed by atoms with van der Waals surface area (Å²) in [4.78, 5) is 46.4. The second kappa shape index (κ2) is 9.89. The number of aromatic nitrogens is 2. The first-order chi connectivity index (χ1) is 12.6. The van der Waals surface area contributed by atoms with E-state index in [0.717, 1.165) is 18.4 Å². The number of ketones is 1. The molecule has 0 saturated carbocycles. The lowest BCUT2D eigenvalue weighted by molar-refractivity contribution is -0.145. The zero-order valence-electron chi connectivity index (χ0n) is 15.0. The van der Waals surface area contributed by atoms with Crippen molar-refractivity contribution in [1.29, 1.82) is 0 Å². The molecule has 0 bridgehead atoms. The monoisotopic (exact) mass is 402 g/mol. The Balaban J connectivity index is 2.95. The molecule has 1 rings (SSSR count). The molecular weight excluding hydrogens is 380 g/mol. The Bertz CT molecular complexity index is 708. The minimum absolute atomic E-state index is 0.197. The molecule has 0 aliphatic heterocycles. The number of Topliss-reactive ketones (excluding diaryl/α,β-unsaturated/α-hetero) is 1. The molecule has 27 heavy (non-hydrogen) atoms. The number of methoxy groups -OCH3 is 1. The summed E-state index contributed by atoms with van der Waals surface area (Å²) in [6, 6.07) is -4.14. The number of hydrogen-bond donors (Lipinski definition) is 5. The van der Waals surface area contributed by atoms with Crippen molar-refractivity contribution in [2.45, 2.75) is 44.5 Å². The highest BCUT2D eigenvalue weighted by atomic mass is 32.1. The van der Waals surface area contributed by atoms with Crippen LogP contribution in [0.5, 0.6) is 0 Å². The Morgan fingerprint density at radius 3 is 2.30 bits per heavy atom. The topological polar surface area (TPSA) is 200 Å². The number of esters is 1. The molecule has 13 heteroatoms. The van der Waals surface area contributed by atoms with Gasteiger partial charge in [0.2, 0.25) is 5.91 Å². The number of aliphatic hydroxyl groups excluding tert-OH is 1. The van der Waals surface area contributed by atoms with Crippen LogP contribution in [0.25, 0.3) is 0 Å². The zero-order valence-corrected chi connectivity index (χ0v) is 15.8. The number of primary amides is 1. The van der Waals surface area contributed by atoms with E-state index in [1.807, 2.05) is 0 Å². The Morgan fingerprint density at radius 2 is 1.81 bits per heavy atom. The number of ether oxygens (including phenoxy) is 1. The molecule has 0 aliphatic carbocycles. The second-order valence-electron chi connectivity index (χ2n) is 5.65. The molecule has 1 unspecified atom stereocenters. The summed E-state index contributed by atoms with van der Waals surface area (Å²) in [6.45, 7) is 2.59. The van der Waals surface area contributed by atoms with Crippen molar-refractivity contribution in [2.75, 3.05) is 7.11 Å². The van der Waals surface area contributed by atoms with Crippen LogP contribution < -0.4 is 22.1 Å². The molecule has 0 radical (unpaired) electrons. The van der Waals surface area contributed by atoms with Crippen molar-refractivity contribution < 1.29 is 29.0 Å². The number of nitrogens with one attached hydrogen (secondary N) is 2. The molecule has 4 atom stereocenters. The van der Waals surface area contributed by atoms with Crippen molar-refractivity contribution in [3.05, 3.63) is 10.0 Å². The van der Waals surface area contributed by atoms with E-state index in [1.54, 1.807) is 0 Å². The number of carbonyl (C=O) groups is 4. The van der Waals surface area contributed by atoms with Crippen LogP contribution in [-0.2, 0) is 19.1 Å². The van der Waals surface area contributed by atoms with Crippen molar-refractivity contribution >= 4 is 35.0 Å². The molecule has 1 aromatic rings. The first kappa shape index (κ1) is 22.4. The molecule has 12 nitrogen and oxygen atoms in total. The zero-order chi connectivity index (χ0) is 20.7. The van der Waals surface area contributed by atoms with E-state index in [2.05, 4.69) is 25.6 Å². The molecule has 0 aliphatic rings. The van der Waals surface area contributed by atoms with Gasteiger partial charge in [-0.1, -0.05) is 11.3 Å². The van der Waals surface area contributed by atoms with Gasteiger partial charge in [0.15, 0.2) is 11.8 Å². The third kappa shape index (κ3) is 6.54. The van der Waals surface area contributed by atoms with Gasteiger partial charge in [0, 0.05) is 0 Å². The Labute approximate surface area is 158 Å². The molecule has 3 amide bonds. The van der Waals surface area contributed by atoms with Gasteiger partial charge in [-0.25, -0.2) is 9.59 Å². The summed E-state index contributed by atoms with van der Waals surface area (Å²) in [5.74, 6) is -1.90. The normalized spacial score (nSPS) is 15.1. The van der Waals surface area contributed by atoms with Gasteiger partial charge in [0.25, 0.3) is 0 Å². The quantitative estimate of drug-likeness (QED) is 0.297. The highest BCUT2D eigenvalue weighted by Gasteiger charge is 2.29. The highest BCUT2D eigenvalue weighted by Crippen LogP contribution is 2.24. The van der Waals surface area contributed by atoms with Gasteiger partial charge < -0.3 is 31.9 Å². The minimum Gasteiger partial charge on any atom is -0.467 e. The van der Waals surface area contributed by atoms with Crippen molar-refractivity contribution in [3.63, 3.8) is 0 Å². The fourth-order valence-corrected chi connectivity index (χ4v) is 2.89. The summed E-state index contributed by atoms with van der Waals surface area (Å²) < 4.78 is 4.50. The van der Waals surface area contributed by atoms with E-state index in [4.69, 9.17) is 11.5 Å². The lowest BCUT2D eigenvalue weighted by Crippen LogP contribution is -2.52. The van der Waals surface area contributed by atoms with Gasteiger partial charge in [-0.3, -0.25) is 9.59 Å². The summed E-state index contributed by atoms with van der Waals surface area (Å²) >= 11 is 0.938. The van der Waals surface area contributed by atoms with E-state index in [1.165, 1.54) is 13.8 Å². The summed E-state index contributed by atoms with van der Waals surface area (Å²) in [5, 5.41) is 22.3. The SMILES string of the molecule is COC(=O)[C@@H](NC(=O)N[C@@H](CC(N)=O)c1nnc([C@@H](N)C(C)=O)s1)C(C)O. The van der Waals surface area contributed by atoms with E-state index < -0.39 is 42.1 Å². The lowest BCUT2D eigenvalue weighted by Gasteiger charge is -2.21. The van der Waals surface area contributed by atoms with Crippen LogP contribution in [0.15, 0.2) is 0 Å². The van der Waals surface area contributed by atoms with Crippen LogP contribution in [0.3, 0.4) is 0 Å². The van der Waals surface area contributed by atoms with E-state index in [9.17, 15) is 24.3 Å². The number of hydrogen-bond acceptors (Lipinski definition) is 10. The largest absolute Gasteiger partial charge is 0.467 e. The summed E-state index contributed by atoms with van der Waals surface area (Å²) in [6.07, 6.45) is -1.53. The predicted octanol–water partition coefficient (Wildman–Crippen LogP) is -1.73. The van der Waals surface area contributed by atoms with Crippen molar-refractivity contribution in [3.8, 4) is 0 Å². The van der Waals surface area contributed by atoms with Gasteiger partial charge >= 0.3 is 12.0 Å². The second-order valence-corrected chi connectivity index (χ2v) is 6.69. The summed E-state index contributed by atoms with van der Waals surface area (Å²) in [7, 11) is 1.11. The molecule has 0 aromatic carbocycles. The standard InChI is InChI=1S/C14H22N6O6S/c1-5(21)9(16)12-20-19-11(27-12)7(4-8(15)23)17-14(25)18-10(6(2)22)13(24)26-3/h6-7,9-10,22H,4,16H2,1-3H3,(H2,15,23)(H2,17,18,25)/t6?,7-,9-,10-/m0/s1. The first-order valence-corrected chi connectivity index (χ1v) is 8.59. The van der Waals surface area contributed by atoms with E-state index in [-0.39, 0.29) is 22.2 Å². The van der Waals surface area contributed by atoms with Crippen LogP contribution in [0, 0.1) is 0 Å². The molecule has 1 aromatic heterocycles. The van der Waals surface area contributed by atoms with Crippen molar-refractivity contribution in [1.82, 2.24) is 20.8 Å². The number of nitrogens with zero attached hydrogens (tertiary/aromatic N) is 2. The average molecular weight is 402 g/mol. The Morgan fingerprint density at radius 1 is 1.22 bits per heavy atom. The number of aliphatic hydroxyl groups is 1. The number of carbonyl (C=O) groups excluding carboxylic acids is 4. The molecule has 0 spiro atoms. The van der Waals surface area contributed by atoms with Gasteiger partial charge in [-0.2, -0.15) is 0 Å². The Kier molecular flexibility index (Phi) is 8.21. The molecule has 7 N–H and O–H groups in total. The maximum atomic E-state index is 12.2. The van der Waals surface area contributed by atoms with Crippen LogP contribution in [0.2, 0.25) is 0 Å². The number of nitrogens with two attached hydrogens (primary N) is 2. The molecule has 0 fully saturated rings. The van der Waals surface area contributed by atoms with Crippen molar-refractivity contribution in [2.24, 2.45) is 11.5 Å². The smallest absolute Gasteiger partial charge is 0.331 e. The maximum absolute atomic E-state index is 12.2. The van der Waals surface area contributed by atoms with Gasteiger partial charge in [0.05, 0.1) is 25.7 Å². The molecule has 150 valence electrons. The summed E-state index contributed by atoms with van der Waals surface area (Å²) in [5.41, 5.74) is 10.9. The minimum atomic E-state index is -1.32. The number of amides is 3. The van der Waals surface area contributed by atoms with Crippen LogP contribution >= 0.6 is 11.3 Å². The van der Waals surface area contributed by atoms with Crippen LogP contribution in [0.4, 0.5) is 4.79 Å². The number of rotatable bonds is 9. The average Bonchev–Trinajstić information content (AvgIpc) is 3.06. The highest BCUT2D eigenvalue weighted by molar-refractivity contribution is 7.11. The molecule has 1 heterocycles. The maximum Gasteiger partial charge on any atom is 0.331 e. The van der Waals surface area contributed by atoms with Crippen LogP contribution in [-0.4, -0.2) is 58.3 Å². The van der Waals surface area contributed by atoms with Crippen LogP contribution in [0.1, 0.15) is 42.4 Å². The molecular formula is C14H22N6O6S. The van der Waals surface area contributed by atoms with Gasteiger partial charge in [0.1, 0.15) is 16.1 Å². The van der Waals surface area contributed by atoms with Gasteiger partial charge in [-0.15, -0.1) is 10.2 Å². The third-order valence-electron chi connectivity index (χ3n) is 3.39. The Hall–Kier alpha value is -2.64. The molecule has 0 saturated heterocycles. The van der Waals surface area contributed by atoms with Gasteiger partial charge in [-0.05, 0) is 13.8 Å². The van der Waals surface area contributed by atoms with E-state index >= 15 is 0 Å². The number of urea groups is 1. The fraction of sp³-hybridized carbons (Fsp3) is 0.571.